The van der Waals surface area contributed by atoms with Crippen LogP contribution in [0.3, 0.4) is 0 Å². The molecular formula is C24H20N4O4. The summed E-state index contributed by atoms with van der Waals surface area (Å²) in [6.07, 6.45) is 0. The van der Waals surface area contributed by atoms with Crippen molar-refractivity contribution in [3.63, 3.8) is 0 Å². The molecule has 1 aromatic heterocycles. The van der Waals surface area contributed by atoms with Crippen molar-refractivity contribution in [2.45, 2.75) is 0 Å². The maximum atomic E-state index is 11.9. The number of hydrogen-bond donors (Lipinski definition) is 2. The van der Waals surface area contributed by atoms with E-state index in [1.807, 2.05) is 36.4 Å². The average Bonchev–Trinajstić information content (AvgIpc) is 2.83. The molecule has 4 rings (SSSR count). The molecule has 0 amide bonds. The third kappa shape index (κ3) is 4.49. The third-order valence-corrected chi connectivity index (χ3v) is 4.66. The summed E-state index contributed by atoms with van der Waals surface area (Å²) in [7, 11) is 2.67. The van der Waals surface area contributed by atoms with E-state index in [9.17, 15) is 9.59 Å². The number of nitrogens with one attached hydrogen (secondary N) is 2. The largest absolute Gasteiger partial charge is 0.465 e. The van der Waals surface area contributed by atoms with Crippen LogP contribution in [0.2, 0.25) is 0 Å². The van der Waals surface area contributed by atoms with Gasteiger partial charge in [0.15, 0.2) is 11.6 Å². The standard InChI is InChI=1S/C24H20N4O4/c1-31-23(29)15-7-5-9-17(13-15)25-21-22(28-20-12-4-3-11-19(20)27-21)26-18-10-6-8-16(14-18)24(30)32-2/h3-14H,1-2H3,(H,25,27)(H,26,28). The first-order chi connectivity index (χ1) is 15.6. The molecule has 0 aliphatic carbocycles. The van der Waals surface area contributed by atoms with Crippen molar-refractivity contribution in [2.75, 3.05) is 24.9 Å². The molecule has 0 radical (unpaired) electrons. The van der Waals surface area contributed by atoms with E-state index in [4.69, 9.17) is 19.4 Å². The molecule has 2 N–H and O–H groups in total. The minimum Gasteiger partial charge on any atom is -0.465 e. The molecule has 0 spiro atoms. The molecule has 8 heteroatoms. The first kappa shape index (κ1) is 20.8. The predicted molar refractivity (Wildman–Crippen MR) is 122 cm³/mol. The summed E-state index contributed by atoms with van der Waals surface area (Å²) >= 11 is 0. The molecule has 0 bridgehead atoms. The lowest BCUT2D eigenvalue weighted by Gasteiger charge is -2.14. The summed E-state index contributed by atoms with van der Waals surface area (Å²) in [5.41, 5.74) is 3.51. The van der Waals surface area contributed by atoms with Gasteiger partial charge in [0.25, 0.3) is 0 Å². The van der Waals surface area contributed by atoms with Gasteiger partial charge in [0.1, 0.15) is 0 Å². The Kier molecular flexibility index (Phi) is 5.94. The fourth-order valence-electron chi connectivity index (χ4n) is 3.13. The summed E-state index contributed by atoms with van der Waals surface area (Å²) in [6.45, 7) is 0. The topological polar surface area (TPSA) is 102 Å². The second kappa shape index (κ2) is 9.13. The molecule has 0 saturated heterocycles. The van der Waals surface area contributed by atoms with E-state index in [2.05, 4.69) is 10.6 Å². The number of ether oxygens (including phenoxy) is 2. The zero-order valence-electron chi connectivity index (χ0n) is 17.5. The molecule has 32 heavy (non-hydrogen) atoms. The maximum Gasteiger partial charge on any atom is 0.337 e. The number of carbonyl (C=O) groups is 2. The van der Waals surface area contributed by atoms with Gasteiger partial charge in [0.05, 0.1) is 36.4 Å². The van der Waals surface area contributed by atoms with Crippen LogP contribution < -0.4 is 10.6 Å². The lowest BCUT2D eigenvalue weighted by atomic mass is 10.2. The van der Waals surface area contributed by atoms with Crippen molar-refractivity contribution in [1.29, 1.82) is 0 Å². The Morgan fingerprint density at radius 3 is 1.50 bits per heavy atom. The fourth-order valence-corrected chi connectivity index (χ4v) is 3.13. The van der Waals surface area contributed by atoms with Crippen LogP contribution in [0.5, 0.6) is 0 Å². The van der Waals surface area contributed by atoms with Gasteiger partial charge in [0, 0.05) is 11.4 Å². The average molecular weight is 428 g/mol. The minimum absolute atomic E-state index is 0.409. The molecule has 160 valence electrons. The Morgan fingerprint density at radius 1 is 0.656 bits per heavy atom. The number of hydrogen-bond acceptors (Lipinski definition) is 8. The van der Waals surface area contributed by atoms with Crippen LogP contribution in [0, 0.1) is 0 Å². The zero-order valence-corrected chi connectivity index (χ0v) is 17.5. The highest BCUT2D eigenvalue weighted by Crippen LogP contribution is 2.28. The number of rotatable bonds is 6. The van der Waals surface area contributed by atoms with Crippen molar-refractivity contribution in [2.24, 2.45) is 0 Å². The van der Waals surface area contributed by atoms with Gasteiger partial charge >= 0.3 is 11.9 Å². The monoisotopic (exact) mass is 428 g/mol. The van der Waals surface area contributed by atoms with E-state index in [0.717, 1.165) is 0 Å². The second-order valence-corrected chi connectivity index (χ2v) is 6.80. The summed E-state index contributed by atoms with van der Waals surface area (Å²) < 4.78 is 9.59. The molecule has 8 nitrogen and oxygen atoms in total. The van der Waals surface area contributed by atoms with Gasteiger partial charge in [0.2, 0.25) is 0 Å². The molecule has 0 saturated carbocycles. The van der Waals surface area contributed by atoms with Gasteiger partial charge in [-0.1, -0.05) is 24.3 Å². The number of anilines is 4. The Hall–Kier alpha value is -4.46. The van der Waals surface area contributed by atoms with Crippen LogP contribution in [0.25, 0.3) is 11.0 Å². The number of esters is 2. The van der Waals surface area contributed by atoms with Gasteiger partial charge in [-0.2, -0.15) is 0 Å². The Balaban J connectivity index is 1.73. The van der Waals surface area contributed by atoms with Gasteiger partial charge in [-0.05, 0) is 48.5 Å². The normalized spacial score (nSPS) is 10.4. The third-order valence-electron chi connectivity index (χ3n) is 4.66. The second-order valence-electron chi connectivity index (χ2n) is 6.80. The van der Waals surface area contributed by atoms with Crippen LogP contribution in [-0.4, -0.2) is 36.1 Å². The molecule has 1 heterocycles. The van der Waals surface area contributed by atoms with Gasteiger partial charge in [-0.25, -0.2) is 19.6 Å². The minimum atomic E-state index is -0.434. The van der Waals surface area contributed by atoms with E-state index in [-0.39, 0.29) is 0 Å². The van der Waals surface area contributed by atoms with Gasteiger partial charge < -0.3 is 20.1 Å². The van der Waals surface area contributed by atoms with Crippen molar-refractivity contribution < 1.29 is 19.1 Å². The molecule has 0 fully saturated rings. The molecule has 4 aromatic rings. The summed E-state index contributed by atoms with van der Waals surface area (Å²) in [6, 6.07) is 21.3. The van der Waals surface area contributed by atoms with Gasteiger partial charge in [-0.3, -0.25) is 0 Å². The van der Waals surface area contributed by atoms with Crippen LogP contribution in [-0.2, 0) is 9.47 Å². The highest BCUT2D eigenvalue weighted by molar-refractivity contribution is 5.92. The molecule has 0 unspecified atom stereocenters. The van der Waals surface area contributed by atoms with Crippen molar-refractivity contribution in [3.8, 4) is 0 Å². The maximum absolute atomic E-state index is 11.9. The van der Waals surface area contributed by atoms with Crippen molar-refractivity contribution in [3.05, 3.63) is 83.9 Å². The first-order valence-electron chi connectivity index (χ1n) is 9.75. The fraction of sp³-hybridized carbons (Fsp3) is 0.0833. The number of aromatic nitrogens is 2. The van der Waals surface area contributed by atoms with Crippen LogP contribution in [0.4, 0.5) is 23.0 Å². The number of methoxy groups -OCH3 is 2. The zero-order chi connectivity index (χ0) is 22.5. The Bertz CT molecular complexity index is 1210. The van der Waals surface area contributed by atoms with Crippen molar-refractivity contribution in [1.82, 2.24) is 9.97 Å². The van der Waals surface area contributed by atoms with E-state index in [1.165, 1.54) is 14.2 Å². The number of carbonyl (C=O) groups excluding carboxylic acids is 2. The summed E-state index contributed by atoms with van der Waals surface area (Å²) in [5, 5.41) is 6.43. The van der Waals surface area contributed by atoms with E-state index >= 15 is 0 Å². The highest BCUT2D eigenvalue weighted by atomic mass is 16.5. The highest BCUT2D eigenvalue weighted by Gasteiger charge is 2.13. The summed E-state index contributed by atoms with van der Waals surface area (Å²) in [4.78, 5) is 33.2. The van der Waals surface area contributed by atoms with Crippen LogP contribution >= 0.6 is 0 Å². The summed E-state index contributed by atoms with van der Waals surface area (Å²) in [5.74, 6) is 0.0378. The quantitative estimate of drug-likeness (QED) is 0.427. The van der Waals surface area contributed by atoms with E-state index in [1.54, 1.807) is 36.4 Å². The van der Waals surface area contributed by atoms with Crippen LogP contribution in [0.1, 0.15) is 20.7 Å². The lowest BCUT2D eigenvalue weighted by Crippen LogP contribution is -2.06. The smallest absolute Gasteiger partial charge is 0.337 e. The Labute approximate surface area is 184 Å². The molecule has 0 aliphatic rings. The predicted octanol–water partition coefficient (Wildman–Crippen LogP) is 4.69. The first-order valence-corrected chi connectivity index (χ1v) is 9.75. The SMILES string of the molecule is COC(=O)c1cccc(Nc2nc3ccccc3nc2Nc2cccc(C(=O)OC)c2)c1. The van der Waals surface area contributed by atoms with E-state index < -0.39 is 11.9 Å². The van der Waals surface area contributed by atoms with Crippen LogP contribution in [0.15, 0.2) is 72.8 Å². The van der Waals surface area contributed by atoms with Gasteiger partial charge in [-0.15, -0.1) is 0 Å². The molecule has 0 aliphatic heterocycles. The Morgan fingerprint density at radius 2 is 1.09 bits per heavy atom. The molecule has 3 aromatic carbocycles. The number of fused-ring (bicyclic) bond motifs is 1. The molecular weight excluding hydrogens is 408 g/mol. The number of benzene rings is 3. The number of para-hydroxylation sites is 2. The van der Waals surface area contributed by atoms with Crippen molar-refractivity contribution >= 4 is 46.0 Å². The lowest BCUT2D eigenvalue weighted by molar-refractivity contribution is 0.0592. The number of nitrogens with zero attached hydrogens (tertiary/aromatic N) is 2. The molecule has 0 atom stereocenters. The van der Waals surface area contributed by atoms with E-state index in [0.29, 0.717) is 45.2 Å².